The zero-order valence-electron chi connectivity index (χ0n) is 9.53. The molecule has 1 aromatic rings. The topological polar surface area (TPSA) is 59.0 Å². The van der Waals surface area contributed by atoms with E-state index in [2.05, 4.69) is 22.0 Å². The lowest BCUT2D eigenvalue weighted by Crippen LogP contribution is -2.27. The highest BCUT2D eigenvalue weighted by molar-refractivity contribution is 9.10. The first-order valence-electron chi connectivity index (χ1n) is 5.81. The van der Waals surface area contributed by atoms with Crippen molar-refractivity contribution in [3.8, 4) is 11.8 Å². The molecule has 0 bridgehead atoms. The molecule has 0 radical (unpaired) electrons. The van der Waals surface area contributed by atoms with Crippen LogP contribution in [0, 0.1) is 17.2 Å². The molecule has 1 aliphatic carbocycles. The summed E-state index contributed by atoms with van der Waals surface area (Å²) in [6.45, 7) is 0.656. The molecule has 17 heavy (non-hydrogen) atoms. The van der Waals surface area contributed by atoms with Crippen molar-refractivity contribution in [3.63, 3.8) is 0 Å². The zero-order chi connectivity index (χ0) is 12.3. The molecule has 0 saturated heterocycles. The molecule has 3 nitrogen and oxygen atoms in total. The summed E-state index contributed by atoms with van der Waals surface area (Å²) in [5, 5.41) is 9.06. The van der Waals surface area contributed by atoms with E-state index < -0.39 is 0 Å². The van der Waals surface area contributed by atoms with Gasteiger partial charge in [0.1, 0.15) is 17.9 Å². The second-order valence-electron chi connectivity index (χ2n) is 4.34. The van der Waals surface area contributed by atoms with Crippen molar-refractivity contribution in [1.29, 1.82) is 5.26 Å². The smallest absolute Gasteiger partial charge is 0.137 e. The Morgan fingerprint density at radius 3 is 3.00 bits per heavy atom. The fraction of sp³-hybridized carbons (Fsp3) is 0.462. The van der Waals surface area contributed by atoms with E-state index >= 15 is 0 Å². The Morgan fingerprint density at radius 1 is 1.47 bits per heavy atom. The number of rotatable bonds is 3. The molecular weight excluding hydrogens is 280 g/mol. The predicted molar refractivity (Wildman–Crippen MR) is 69.7 cm³/mol. The van der Waals surface area contributed by atoms with Gasteiger partial charge in [-0.3, -0.25) is 0 Å². The van der Waals surface area contributed by atoms with Crippen LogP contribution in [-0.4, -0.2) is 12.6 Å². The molecule has 0 spiro atoms. The summed E-state index contributed by atoms with van der Waals surface area (Å²) in [4.78, 5) is 0. The molecule has 0 aromatic heterocycles. The Kier molecular flexibility index (Phi) is 4.03. The van der Waals surface area contributed by atoms with Gasteiger partial charge in [-0.1, -0.05) is 15.9 Å². The van der Waals surface area contributed by atoms with Gasteiger partial charge in [0.15, 0.2) is 0 Å². The van der Waals surface area contributed by atoms with Crippen LogP contribution in [0.1, 0.15) is 24.8 Å². The molecule has 1 aromatic carbocycles. The van der Waals surface area contributed by atoms with Crippen LogP contribution < -0.4 is 10.5 Å². The van der Waals surface area contributed by atoms with Gasteiger partial charge in [-0.2, -0.15) is 5.26 Å². The molecule has 0 amide bonds. The molecule has 0 heterocycles. The number of hydrogen-bond acceptors (Lipinski definition) is 3. The lowest BCUT2D eigenvalue weighted by atomic mass is 10.1. The average Bonchev–Trinajstić information content (AvgIpc) is 2.78. The van der Waals surface area contributed by atoms with E-state index in [1.807, 2.05) is 12.1 Å². The molecular formula is C13H15BrN2O. The van der Waals surface area contributed by atoms with Gasteiger partial charge in [0.25, 0.3) is 0 Å². The van der Waals surface area contributed by atoms with Crippen LogP contribution in [-0.2, 0) is 0 Å². The fourth-order valence-electron chi connectivity index (χ4n) is 2.28. The van der Waals surface area contributed by atoms with Gasteiger partial charge in [-0.05, 0) is 44.0 Å². The van der Waals surface area contributed by atoms with Crippen LogP contribution in [0.4, 0.5) is 0 Å². The van der Waals surface area contributed by atoms with Gasteiger partial charge >= 0.3 is 0 Å². The highest BCUT2D eigenvalue weighted by Crippen LogP contribution is 2.31. The number of nitrogens with two attached hydrogens (primary N) is 1. The number of halogens is 1. The minimum Gasteiger partial charge on any atom is -0.489 e. The number of nitriles is 1. The van der Waals surface area contributed by atoms with E-state index in [0.29, 0.717) is 23.8 Å². The molecule has 1 fully saturated rings. The summed E-state index contributed by atoms with van der Waals surface area (Å²) in [5.74, 6) is 1.09. The monoisotopic (exact) mass is 294 g/mol. The number of benzene rings is 1. The average molecular weight is 295 g/mol. The van der Waals surface area contributed by atoms with Crippen LogP contribution in [0.15, 0.2) is 22.7 Å². The molecule has 2 atom stereocenters. The molecule has 1 saturated carbocycles. The molecule has 0 aliphatic heterocycles. The molecule has 2 unspecified atom stereocenters. The van der Waals surface area contributed by atoms with Crippen LogP contribution in [0.25, 0.3) is 0 Å². The van der Waals surface area contributed by atoms with Crippen molar-refractivity contribution in [3.05, 3.63) is 28.2 Å². The second-order valence-corrected chi connectivity index (χ2v) is 5.25. The summed E-state index contributed by atoms with van der Waals surface area (Å²) >= 11 is 3.35. The lowest BCUT2D eigenvalue weighted by Gasteiger charge is -2.20. The van der Waals surface area contributed by atoms with Crippen molar-refractivity contribution in [2.24, 2.45) is 11.7 Å². The maximum atomic E-state index is 9.06. The Morgan fingerprint density at radius 2 is 2.29 bits per heavy atom. The maximum absolute atomic E-state index is 9.06. The standard InChI is InChI=1S/C13H15BrN2O/c14-11-4-5-13(10(6-11)8-16)17-12-3-1-2-9(12)7-15/h4-6,9,12H,1-3,7,15H2. The van der Waals surface area contributed by atoms with Crippen molar-refractivity contribution >= 4 is 15.9 Å². The van der Waals surface area contributed by atoms with Crippen LogP contribution in [0.3, 0.4) is 0 Å². The number of ether oxygens (including phenoxy) is 1. The third-order valence-corrected chi connectivity index (χ3v) is 3.73. The van der Waals surface area contributed by atoms with Gasteiger partial charge in [-0.25, -0.2) is 0 Å². The van der Waals surface area contributed by atoms with Gasteiger partial charge in [0, 0.05) is 10.4 Å². The molecule has 90 valence electrons. The third kappa shape index (κ3) is 2.80. The van der Waals surface area contributed by atoms with Crippen LogP contribution in [0.2, 0.25) is 0 Å². The van der Waals surface area contributed by atoms with Gasteiger partial charge < -0.3 is 10.5 Å². The maximum Gasteiger partial charge on any atom is 0.137 e. The normalized spacial score (nSPS) is 23.4. The Hall–Kier alpha value is -1.05. The highest BCUT2D eigenvalue weighted by Gasteiger charge is 2.28. The van der Waals surface area contributed by atoms with Crippen LogP contribution in [0.5, 0.6) is 5.75 Å². The van der Waals surface area contributed by atoms with Crippen molar-refractivity contribution in [2.75, 3.05) is 6.54 Å². The SMILES string of the molecule is N#Cc1cc(Br)ccc1OC1CCCC1CN. The fourth-order valence-corrected chi connectivity index (χ4v) is 2.64. The quantitative estimate of drug-likeness (QED) is 0.932. The minimum absolute atomic E-state index is 0.160. The largest absolute Gasteiger partial charge is 0.489 e. The van der Waals surface area contributed by atoms with E-state index in [1.165, 1.54) is 0 Å². The van der Waals surface area contributed by atoms with Crippen LogP contribution >= 0.6 is 15.9 Å². The Bertz CT molecular complexity index is 442. The van der Waals surface area contributed by atoms with Crippen molar-refractivity contribution < 1.29 is 4.74 Å². The van der Waals surface area contributed by atoms with Gasteiger partial charge in [0.2, 0.25) is 0 Å². The first-order chi connectivity index (χ1) is 8.24. The first-order valence-corrected chi connectivity index (χ1v) is 6.60. The Balaban J connectivity index is 2.16. The summed E-state index contributed by atoms with van der Waals surface area (Å²) in [7, 11) is 0. The summed E-state index contributed by atoms with van der Waals surface area (Å²) in [6, 6.07) is 7.67. The highest BCUT2D eigenvalue weighted by atomic mass is 79.9. The third-order valence-electron chi connectivity index (χ3n) is 3.23. The molecule has 4 heteroatoms. The van der Waals surface area contributed by atoms with E-state index in [-0.39, 0.29) is 6.10 Å². The lowest BCUT2D eigenvalue weighted by molar-refractivity contribution is 0.162. The molecule has 2 rings (SSSR count). The van der Waals surface area contributed by atoms with Crippen molar-refractivity contribution in [2.45, 2.75) is 25.4 Å². The van der Waals surface area contributed by atoms with Gasteiger partial charge in [0.05, 0.1) is 5.56 Å². The molecule has 1 aliphatic rings. The first kappa shape index (κ1) is 12.4. The van der Waals surface area contributed by atoms with E-state index in [0.717, 1.165) is 23.7 Å². The van der Waals surface area contributed by atoms with E-state index in [1.54, 1.807) is 6.07 Å². The van der Waals surface area contributed by atoms with E-state index in [9.17, 15) is 0 Å². The second kappa shape index (κ2) is 5.52. The Labute approximate surface area is 110 Å². The summed E-state index contributed by atoms with van der Waals surface area (Å²) < 4.78 is 6.82. The minimum atomic E-state index is 0.160. The summed E-state index contributed by atoms with van der Waals surface area (Å²) in [6.07, 6.45) is 3.47. The van der Waals surface area contributed by atoms with Gasteiger partial charge in [-0.15, -0.1) is 0 Å². The number of hydrogen-bond donors (Lipinski definition) is 1. The molecule has 2 N–H and O–H groups in total. The summed E-state index contributed by atoms with van der Waals surface area (Å²) in [5.41, 5.74) is 6.29. The van der Waals surface area contributed by atoms with Crippen molar-refractivity contribution in [1.82, 2.24) is 0 Å². The predicted octanol–water partition coefficient (Wildman–Crippen LogP) is 2.83. The zero-order valence-corrected chi connectivity index (χ0v) is 11.1. The van der Waals surface area contributed by atoms with E-state index in [4.69, 9.17) is 15.7 Å². The number of nitrogens with zero attached hydrogens (tertiary/aromatic N) is 1.